The number of carbonyl (C=O) groups excluding carboxylic acids is 1. The van der Waals surface area contributed by atoms with Crippen LogP contribution in [0.4, 0.5) is 5.69 Å². The summed E-state index contributed by atoms with van der Waals surface area (Å²) in [6, 6.07) is 7.27. The lowest BCUT2D eigenvalue weighted by atomic mass is 10.2. The molecule has 0 aliphatic carbocycles. The molecule has 0 radical (unpaired) electrons. The maximum atomic E-state index is 11.7. The smallest absolute Gasteiger partial charge is 0.241 e. The molecule has 7 heteroatoms. The molecule has 21 heavy (non-hydrogen) atoms. The van der Waals surface area contributed by atoms with Crippen molar-refractivity contribution in [2.45, 2.75) is 13.0 Å². The van der Waals surface area contributed by atoms with Crippen LogP contribution in [0.5, 0.6) is 0 Å². The molecule has 7 nitrogen and oxygen atoms in total. The van der Waals surface area contributed by atoms with Gasteiger partial charge >= 0.3 is 0 Å². The predicted octanol–water partition coefficient (Wildman–Crippen LogP) is 0.680. The van der Waals surface area contributed by atoms with Gasteiger partial charge in [0.2, 0.25) is 5.91 Å². The number of nitrogens with two attached hydrogens (primary N) is 1. The van der Waals surface area contributed by atoms with Crippen molar-refractivity contribution in [3.8, 4) is 11.4 Å². The van der Waals surface area contributed by atoms with Gasteiger partial charge in [0, 0.05) is 31.5 Å². The van der Waals surface area contributed by atoms with E-state index < -0.39 is 0 Å². The number of nitrogens with one attached hydrogen (secondary N) is 1. The van der Waals surface area contributed by atoms with Gasteiger partial charge in [-0.25, -0.2) is 9.67 Å². The van der Waals surface area contributed by atoms with E-state index in [4.69, 9.17) is 10.5 Å². The molecule has 1 aromatic carbocycles. The molecular formula is C14H19N5O2. The minimum Gasteiger partial charge on any atom is -0.399 e. The highest BCUT2D eigenvalue weighted by atomic mass is 16.5. The first-order valence-electron chi connectivity index (χ1n) is 6.70. The average molecular weight is 289 g/mol. The molecule has 0 fully saturated rings. The molecule has 0 saturated carbocycles. The number of carbonyl (C=O) groups is 1. The molecule has 2 rings (SSSR count). The summed E-state index contributed by atoms with van der Waals surface area (Å²) in [5, 5.41) is 7.07. The van der Waals surface area contributed by atoms with Gasteiger partial charge in [-0.3, -0.25) is 4.79 Å². The van der Waals surface area contributed by atoms with Crippen LogP contribution in [0.2, 0.25) is 0 Å². The summed E-state index contributed by atoms with van der Waals surface area (Å²) in [6.07, 6.45) is 2.33. The Morgan fingerprint density at radius 1 is 1.38 bits per heavy atom. The van der Waals surface area contributed by atoms with Crippen molar-refractivity contribution < 1.29 is 9.53 Å². The zero-order valence-corrected chi connectivity index (χ0v) is 12.0. The normalized spacial score (nSPS) is 10.5. The Kier molecular flexibility index (Phi) is 5.28. The van der Waals surface area contributed by atoms with E-state index in [0.717, 1.165) is 12.0 Å². The SMILES string of the molecule is COCCCNC(=O)Cn1cnc(-c2ccc(N)cc2)n1. The number of nitrogen functional groups attached to an aromatic ring is 1. The lowest BCUT2D eigenvalue weighted by Crippen LogP contribution is -2.29. The number of hydrogen-bond acceptors (Lipinski definition) is 5. The monoisotopic (exact) mass is 289 g/mol. The van der Waals surface area contributed by atoms with E-state index in [-0.39, 0.29) is 12.5 Å². The summed E-state index contributed by atoms with van der Waals surface area (Å²) >= 11 is 0. The number of aromatic nitrogens is 3. The highest BCUT2D eigenvalue weighted by molar-refractivity contribution is 5.75. The Hall–Kier alpha value is -2.41. The first-order chi connectivity index (χ1) is 10.2. The molecule has 0 aliphatic rings. The third kappa shape index (κ3) is 4.57. The van der Waals surface area contributed by atoms with Gasteiger partial charge in [-0.05, 0) is 30.7 Å². The fourth-order valence-corrected chi connectivity index (χ4v) is 1.78. The van der Waals surface area contributed by atoms with Crippen LogP contribution in [-0.2, 0) is 16.1 Å². The number of anilines is 1. The summed E-state index contributed by atoms with van der Waals surface area (Å²) in [4.78, 5) is 15.9. The molecular weight excluding hydrogens is 270 g/mol. The van der Waals surface area contributed by atoms with E-state index >= 15 is 0 Å². The zero-order chi connectivity index (χ0) is 15.1. The van der Waals surface area contributed by atoms with E-state index in [9.17, 15) is 4.79 Å². The minimum atomic E-state index is -0.0974. The quantitative estimate of drug-likeness (QED) is 0.577. The van der Waals surface area contributed by atoms with Crippen molar-refractivity contribution in [3.63, 3.8) is 0 Å². The van der Waals surface area contributed by atoms with Gasteiger partial charge in [-0.15, -0.1) is 0 Å². The van der Waals surface area contributed by atoms with Gasteiger partial charge in [-0.2, -0.15) is 5.10 Å². The van der Waals surface area contributed by atoms with E-state index in [0.29, 0.717) is 24.7 Å². The predicted molar refractivity (Wildman–Crippen MR) is 79.4 cm³/mol. The molecule has 1 heterocycles. The molecule has 0 spiro atoms. The second kappa shape index (κ2) is 7.39. The number of hydrogen-bond donors (Lipinski definition) is 2. The summed E-state index contributed by atoms with van der Waals surface area (Å²) < 4.78 is 6.43. The van der Waals surface area contributed by atoms with Gasteiger partial charge in [0.1, 0.15) is 12.9 Å². The Balaban J connectivity index is 1.88. The number of nitrogens with zero attached hydrogens (tertiary/aromatic N) is 3. The van der Waals surface area contributed by atoms with Gasteiger partial charge in [0.05, 0.1) is 0 Å². The molecule has 0 bridgehead atoms. The molecule has 0 unspecified atom stereocenters. The van der Waals surface area contributed by atoms with E-state index in [1.54, 1.807) is 25.6 Å². The molecule has 2 aromatic rings. The highest BCUT2D eigenvalue weighted by Crippen LogP contribution is 2.15. The maximum absolute atomic E-state index is 11.7. The lowest BCUT2D eigenvalue weighted by Gasteiger charge is -2.04. The number of ether oxygens (including phenoxy) is 1. The van der Waals surface area contributed by atoms with Crippen molar-refractivity contribution in [3.05, 3.63) is 30.6 Å². The van der Waals surface area contributed by atoms with Crippen LogP contribution in [0.1, 0.15) is 6.42 Å². The summed E-state index contributed by atoms with van der Waals surface area (Å²) in [5.74, 6) is 0.474. The molecule has 1 amide bonds. The number of methoxy groups -OCH3 is 1. The van der Waals surface area contributed by atoms with Crippen molar-refractivity contribution in [1.82, 2.24) is 20.1 Å². The number of amides is 1. The fraction of sp³-hybridized carbons (Fsp3) is 0.357. The van der Waals surface area contributed by atoms with Gasteiger partial charge in [-0.1, -0.05) is 0 Å². The van der Waals surface area contributed by atoms with Crippen LogP contribution in [0.15, 0.2) is 30.6 Å². The van der Waals surface area contributed by atoms with Crippen molar-refractivity contribution in [2.75, 3.05) is 26.0 Å². The molecule has 0 saturated heterocycles. The van der Waals surface area contributed by atoms with E-state index in [1.807, 2.05) is 12.1 Å². The summed E-state index contributed by atoms with van der Waals surface area (Å²) in [5.41, 5.74) is 7.19. The third-order valence-corrected chi connectivity index (χ3v) is 2.86. The Morgan fingerprint density at radius 2 is 2.14 bits per heavy atom. The molecule has 0 aliphatic heterocycles. The molecule has 1 aromatic heterocycles. The minimum absolute atomic E-state index is 0.0974. The summed E-state index contributed by atoms with van der Waals surface area (Å²) in [6.45, 7) is 1.37. The largest absolute Gasteiger partial charge is 0.399 e. The third-order valence-electron chi connectivity index (χ3n) is 2.86. The van der Waals surface area contributed by atoms with Gasteiger partial charge in [0.25, 0.3) is 0 Å². The Bertz CT molecular complexity index is 579. The highest BCUT2D eigenvalue weighted by Gasteiger charge is 2.07. The van der Waals surface area contributed by atoms with Crippen LogP contribution < -0.4 is 11.1 Å². The van der Waals surface area contributed by atoms with Gasteiger partial charge in [0.15, 0.2) is 5.82 Å². The second-order valence-corrected chi connectivity index (χ2v) is 4.58. The van der Waals surface area contributed by atoms with E-state index in [1.165, 1.54) is 4.68 Å². The average Bonchev–Trinajstić information content (AvgIpc) is 2.93. The Labute approximate surface area is 123 Å². The second-order valence-electron chi connectivity index (χ2n) is 4.58. The number of rotatable bonds is 7. The lowest BCUT2D eigenvalue weighted by molar-refractivity contribution is -0.121. The first-order valence-corrected chi connectivity index (χ1v) is 6.70. The molecule has 3 N–H and O–H groups in total. The topological polar surface area (TPSA) is 95.1 Å². The van der Waals surface area contributed by atoms with E-state index in [2.05, 4.69) is 15.4 Å². The zero-order valence-electron chi connectivity index (χ0n) is 12.0. The molecule has 112 valence electrons. The summed E-state index contributed by atoms with van der Waals surface area (Å²) in [7, 11) is 1.63. The van der Waals surface area contributed by atoms with Crippen molar-refractivity contribution in [1.29, 1.82) is 0 Å². The van der Waals surface area contributed by atoms with Gasteiger partial charge < -0.3 is 15.8 Å². The van der Waals surface area contributed by atoms with Crippen LogP contribution in [0, 0.1) is 0 Å². The molecule has 0 atom stereocenters. The van der Waals surface area contributed by atoms with Crippen molar-refractivity contribution >= 4 is 11.6 Å². The Morgan fingerprint density at radius 3 is 2.86 bits per heavy atom. The van der Waals surface area contributed by atoms with Crippen molar-refractivity contribution in [2.24, 2.45) is 0 Å². The standard InChI is InChI=1S/C14H19N5O2/c1-21-8-2-7-16-13(20)9-19-10-17-14(18-19)11-3-5-12(15)6-4-11/h3-6,10H,2,7-9,15H2,1H3,(H,16,20). The fourth-order valence-electron chi connectivity index (χ4n) is 1.78. The first kappa shape index (κ1) is 15.0. The maximum Gasteiger partial charge on any atom is 0.241 e. The van der Waals surface area contributed by atoms with Crippen LogP contribution >= 0.6 is 0 Å². The number of benzene rings is 1. The van der Waals surface area contributed by atoms with Crippen LogP contribution in [0.3, 0.4) is 0 Å². The van der Waals surface area contributed by atoms with Crippen LogP contribution in [-0.4, -0.2) is 40.9 Å². The van der Waals surface area contributed by atoms with Crippen LogP contribution in [0.25, 0.3) is 11.4 Å².